The number of rotatable bonds is 4. The van der Waals surface area contributed by atoms with E-state index in [4.69, 9.17) is 10.8 Å². The molecule has 1 aliphatic rings. The molecule has 96 valence electrons. The average Bonchev–Trinajstić information content (AvgIpc) is 2.83. The molecular formula is C12H22N4O. The summed E-state index contributed by atoms with van der Waals surface area (Å²) in [4.78, 5) is 2.35. The van der Waals surface area contributed by atoms with Crippen molar-refractivity contribution in [2.24, 2.45) is 18.7 Å². The highest BCUT2D eigenvalue weighted by Gasteiger charge is 2.26. The number of aliphatic hydroxyl groups excluding tert-OH is 1. The molecule has 0 spiro atoms. The number of nitrogens with two attached hydrogens (primary N) is 1. The highest BCUT2D eigenvalue weighted by Crippen LogP contribution is 2.29. The fourth-order valence-corrected chi connectivity index (χ4v) is 2.77. The van der Waals surface area contributed by atoms with Crippen LogP contribution in [0.4, 0.5) is 5.82 Å². The van der Waals surface area contributed by atoms with Gasteiger partial charge < -0.3 is 15.7 Å². The molecule has 5 heteroatoms. The fraction of sp³-hybridized carbons (Fsp3) is 0.750. The van der Waals surface area contributed by atoms with Gasteiger partial charge in [0.25, 0.3) is 0 Å². The lowest BCUT2D eigenvalue weighted by Crippen LogP contribution is -2.24. The van der Waals surface area contributed by atoms with Crippen molar-refractivity contribution in [2.75, 3.05) is 24.6 Å². The van der Waals surface area contributed by atoms with E-state index in [9.17, 15) is 0 Å². The van der Waals surface area contributed by atoms with E-state index in [2.05, 4.69) is 10.00 Å². The predicted octanol–water partition coefficient (Wildman–Crippen LogP) is 0.396. The van der Waals surface area contributed by atoms with Crippen LogP contribution in [0.15, 0.2) is 0 Å². The minimum absolute atomic E-state index is 0.284. The second kappa shape index (κ2) is 5.06. The van der Waals surface area contributed by atoms with Crippen LogP contribution in [-0.4, -0.2) is 34.6 Å². The van der Waals surface area contributed by atoms with Gasteiger partial charge in [-0.15, -0.1) is 0 Å². The SMILES string of the molecule is Cc1nn(C)c(N2CCC(CCO)C2)c1CN. The number of anilines is 1. The molecule has 1 fully saturated rings. The van der Waals surface area contributed by atoms with Crippen LogP contribution in [0, 0.1) is 12.8 Å². The van der Waals surface area contributed by atoms with Crippen molar-refractivity contribution in [1.82, 2.24) is 9.78 Å². The van der Waals surface area contributed by atoms with Gasteiger partial charge in [0.05, 0.1) is 5.69 Å². The Kier molecular flexibility index (Phi) is 3.69. The maximum Gasteiger partial charge on any atom is 0.131 e. The molecule has 0 aliphatic carbocycles. The Morgan fingerprint density at radius 1 is 1.53 bits per heavy atom. The second-order valence-electron chi connectivity index (χ2n) is 4.83. The second-order valence-corrected chi connectivity index (χ2v) is 4.83. The Balaban J connectivity index is 2.18. The smallest absolute Gasteiger partial charge is 0.131 e. The third-order valence-corrected chi connectivity index (χ3v) is 3.64. The van der Waals surface area contributed by atoms with Crippen LogP contribution < -0.4 is 10.6 Å². The van der Waals surface area contributed by atoms with E-state index in [1.807, 2.05) is 18.7 Å². The van der Waals surface area contributed by atoms with Crippen LogP contribution in [0.25, 0.3) is 0 Å². The third kappa shape index (κ3) is 2.30. The van der Waals surface area contributed by atoms with E-state index in [0.717, 1.165) is 43.0 Å². The monoisotopic (exact) mass is 238 g/mol. The van der Waals surface area contributed by atoms with Gasteiger partial charge in [-0.2, -0.15) is 5.10 Å². The predicted molar refractivity (Wildman–Crippen MR) is 67.9 cm³/mol. The number of aromatic nitrogens is 2. The van der Waals surface area contributed by atoms with Crippen LogP contribution >= 0.6 is 0 Å². The van der Waals surface area contributed by atoms with Gasteiger partial charge in [-0.05, 0) is 25.7 Å². The number of hydrogen-bond donors (Lipinski definition) is 2. The summed E-state index contributed by atoms with van der Waals surface area (Å²) in [6.45, 7) is 4.87. The summed E-state index contributed by atoms with van der Waals surface area (Å²) in [6, 6.07) is 0. The lowest BCUT2D eigenvalue weighted by molar-refractivity contribution is 0.263. The van der Waals surface area contributed by atoms with E-state index in [0.29, 0.717) is 12.5 Å². The van der Waals surface area contributed by atoms with Gasteiger partial charge in [0.2, 0.25) is 0 Å². The summed E-state index contributed by atoms with van der Waals surface area (Å²) < 4.78 is 1.93. The van der Waals surface area contributed by atoms with Crippen molar-refractivity contribution >= 4 is 5.82 Å². The van der Waals surface area contributed by atoms with Crippen molar-refractivity contribution in [3.05, 3.63) is 11.3 Å². The molecule has 0 saturated carbocycles. The van der Waals surface area contributed by atoms with E-state index in [1.54, 1.807) is 0 Å². The number of aryl methyl sites for hydroxylation is 2. The minimum Gasteiger partial charge on any atom is -0.396 e. The maximum atomic E-state index is 8.99. The fourth-order valence-electron chi connectivity index (χ4n) is 2.77. The molecule has 0 amide bonds. The zero-order valence-electron chi connectivity index (χ0n) is 10.7. The average molecular weight is 238 g/mol. The first-order valence-corrected chi connectivity index (χ1v) is 6.25. The lowest BCUT2D eigenvalue weighted by atomic mass is 10.1. The van der Waals surface area contributed by atoms with Crippen molar-refractivity contribution in [2.45, 2.75) is 26.3 Å². The van der Waals surface area contributed by atoms with E-state index in [-0.39, 0.29) is 6.61 Å². The number of nitrogens with zero attached hydrogens (tertiary/aromatic N) is 3. The van der Waals surface area contributed by atoms with Crippen molar-refractivity contribution in [3.8, 4) is 0 Å². The zero-order chi connectivity index (χ0) is 12.4. The quantitative estimate of drug-likeness (QED) is 0.796. The van der Waals surface area contributed by atoms with Crippen molar-refractivity contribution < 1.29 is 5.11 Å². The van der Waals surface area contributed by atoms with E-state index >= 15 is 0 Å². The highest BCUT2D eigenvalue weighted by molar-refractivity contribution is 5.50. The number of aliphatic hydroxyl groups is 1. The van der Waals surface area contributed by atoms with Gasteiger partial charge in [-0.3, -0.25) is 4.68 Å². The summed E-state index contributed by atoms with van der Waals surface area (Å²) in [5.74, 6) is 1.76. The first-order chi connectivity index (χ1) is 8.17. The van der Waals surface area contributed by atoms with Gasteiger partial charge in [0.1, 0.15) is 5.82 Å². The third-order valence-electron chi connectivity index (χ3n) is 3.64. The number of hydrogen-bond acceptors (Lipinski definition) is 4. The Bertz CT molecular complexity index is 388. The molecule has 1 aromatic heterocycles. The standard InChI is InChI=1S/C12H22N4O/c1-9-11(7-13)12(15(2)14-9)16-5-3-10(8-16)4-6-17/h10,17H,3-8,13H2,1-2H3. The topological polar surface area (TPSA) is 67.3 Å². The summed E-state index contributed by atoms with van der Waals surface area (Å²) in [5, 5.41) is 13.4. The normalized spacial score (nSPS) is 20.2. The molecule has 1 unspecified atom stereocenters. The molecule has 1 saturated heterocycles. The van der Waals surface area contributed by atoms with Gasteiger partial charge in [0, 0.05) is 38.9 Å². The maximum absolute atomic E-state index is 8.99. The lowest BCUT2D eigenvalue weighted by Gasteiger charge is -2.20. The Morgan fingerprint density at radius 2 is 2.29 bits per heavy atom. The molecule has 0 radical (unpaired) electrons. The van der Waals surface area contributed by atoms with Gasteiger partial charge in [-0.25, -0.2) is 0 Å². The molecule has 2 rings (SSSR count). The van der Waals surface area contributed by atoms with Gasteiger partial charge in [-0.1, -0.05) is 0 Å². The molecule has 0 aromatic carbocycles. The molecule has 1 aliphatic heterocycles. The molecule has 2 heterocycles. The minimum atomic E-state index is 0.284. The molecule has 17 heavy (non-hydrogen) atoms. The zero-order valence-corrected chi connectivity index (χ0v) is 10.7. The first kappa shape index (κ1) is 12.4. The van der Waals surface area contributed by atoms with Gasteiger partial charge >= 0.3 is 0 Å². The molecule has 1 aromatic rings. The van der Waals surface area contributed by atoms with Gasteiger partial charge in [0.15, 0.2) is 0 Å². The molecule has 0 bridgehead atoms. The van der Waals surface area contributed by atoms with Crippen LogP contribution in [0.1, 0.15) is 24.1 Å². The molecular weight excluding hydrogens is 216 g/mol. The molecule has 3 N–H and O–H groups in total. The summed E-state index contributed by atoms with van der Waals surface area (Å²) in [7, 11) is 1.97. The Morgan fingerprint density at radius 3 is 2.94 bits per heavy atom. The van der Waals surface area contributed by atoms with Crippen molar-refractivity contribution in [3.63, 3.8) is 0 Å². The first-order valence-electron chi connectivity index (χ1n) is 6.25. The summed E-state index contributed by atoms with van der Waals surface area (Å²) in [5.41, 5.74) is 7.98. The Hall–Kier alpha value is -1.07. The Labute approximate surface area is 102 Å². The van der Waals surface area contributed by atoms with Crippen molar-refractivity contribution in [1.29, 1.82) is 0 Å². The van der Waals surface area contributed by atoms with Crippen LogP contribution in [0.2, 0.25) is 0 Å². The van der Waals surface area contributed by atoms with Crippen LogP contribution in [0.5, 0.6) is 0 Å². The highest BCUT2D eigenvalue weighted by atomic mass is 16.3. The van der Waals surface area contributed by atoms with Crippen LogP contribution in [-0.2, 0) is 13.6 Å². The summed E-state index contributed by atoms with van der Waals surface area (Å²) in [6.07, 6.45) is 2.04. The van der Waals surface area contributed by atoms with E-state index in [1.165, 1.54) is 0 Å². The largest absolute Gasteiger partial charge is 0.396 e. The van der Waals surface area contributed by atoms with Crippen LogP contribution in [0.3, 0.4) is 0 Å². The molecule has 1 atom stereocenters. The summed E-state index contributed by atoms with van der Waals surface area (Å²) >= 11 is 0. The van der Waals surface area contributed by atoms with E-state index < -0.39 is 0 Å². The molecule has 5 nitrogen and oxygen atoms in total.